The summed E-state index contributed by atoms with van der Waals surface area (Å²) in [6.07, 6.45) is 1.68. The molecule has 2 rings (SSSR count). The van der Waals surface area contributed by atoms with E-state index in [0.717, 1.165) is 12.2 Å². The van der Waals surface area contributed by atoms with E-state index < -0.39 is 0 Å². The Morgan fingerprint density at radius 2 is 2.18 bits per heavy atom. The quantitative estimate of drug-likeness (QED) is 0.752. The average molecular weight is 230 g/mol. The van der Waals surface area contributed by atoms with Crippen LogP contribution in [-0.4, -0.2) is 21.6 Å². The zero-order valence-electron chi connectivity index (χ0n) is 9.51. The topological polar surface area (TPSA) is 70.1 Å². The SMILES string of the molecule is CCNc1nccc(Nc2cccc(O)c2)n1. The van der Waals surface area contributed by atoms with Crippen LogP contribution in [-0.2, 0) is 0 Å². The largest absolute Gasteiger partial charge is 0.508 e. The summed E-state index contributed by atoms with van der Waals surface area (Å²) >= 11 is 0. The fourth-order valence-electron chi connectivity index (χ4n) is 1.40. The molecule has 0 radical (unpaired) electrons. The highest BCUT2D eigenvalue weighted by Gasteiger charge is 1.99. The molecule has 0 bridgehead atoms. The Morgan fingerprint density at radius 1 is 1.29 bits per heavy atom. The molecule has 1 heterocycles. The summed E-state index contributed by atoms with van der Waals surface area (Å²) in [5.74, 6) is 1.48. The molecule has 0 spiro atoms. The van der Waals surface area contributed by atoms with Crippen LogP contribution in [0.2, 0.25) is 0 Å². The third-order valence-corrected chi connectivity index (χ3v) is 2.11. The molecule has 3 N–H and O–H groups in total. The van der Waals surface area contributed by atoms with Crippen molar-refractivity contribution in [3.8, 4) is 5.75 Å². The molecule has 5 heteroatoms. The minimum Gasteiger partial charge on any atom is -0.508 e. The third-order valence-electron chi connectivity index (χ3n) is 2.11. The highest BCUT2D eigenvalue weighted by Crippen LogP contribution is 2.19. The predicted molar refractivity (Wildman–Crippen MR) is 67.6 cm³/mol. The van der Waals surface area contributed by atoms with Gasteiger partial charge in [-0.3, -0.25) is 0 Å². The lowest BCUT2D eigenvalue weighted by molar-refractivity contribution is 0.475. The van der Waals surface area contributed by atoms with Gasteiger partial charge in [-0.2, -0.15) is 4.98 Å². The molecule has 0 saturated heterocycles. The van der Waals surface area contributed by atoms with Gasteiger partial charge in [-0.05, 0) is 25.1 Å². The highest BCUT2D eigenvalue weighted by molar-refractivity contribution is 5.58. The van der Waals surface area contributed by atoms with Gasteiger partial charge in [0.15, 0.2) is 0 Å². The first-order valence-corrected chi connectivity index (χ1v) is 5.41. The van der Waals surface area contributed by atoms with E-state index >= 15 is 0 Å². The van der Waals surface area contributed by atoms with Crippen molar-refractivity contribution in [2.24, 2.45) is 0 Å². The summed E-state index contributed by atoms with van der Waals surface area (Å²) in [6, 6.07) is 8.65. The molecule has 0 atom stereocenters. The van der Waals surface area contributed by atoms with Gasteiger partial charge >= 0.3 is 0 Å². The molecule has 2 aromatic rings. The van der Waals surface area contributed by atoms with Crippen molar-refractivity contribution >= 4 is 17.5 Å². The van der Waals surface area contributed by atoms with Crippen molar-refractivity contribution in [1.82, 2.24) is 9.97 Å². The summed E-state index contributed by atoms with van der Waals surface area (Å²) < 4.78 is 0. The Bertz CT molecular complexity index is 501. The number of rotatable bonds is 4. The maximum absolute atomic E-state index is 9.34. The van der Waals surface area contributed by atoms with Crippen LogP contribution in [0.5, 0.6) is 5.75 Å². The van der Waals surface area contributed by atoms with Crippen molar-refractivity contribution in [2.45, 2.75) is 6.92 Å². The van der Waals surface area contributed by atoms with Gasteiger partial charge < -0.3 is 15.7 Å². The molecule has 17 heavy (non-hydrogen) atoms. The summed E-state index contributed by atoms with van der Waals surface area (Å²) in [5, 5.41) is 15.5. The van der Waals surface area contributed by atoms with Gasteiger partial charge in [-0.15, -0.1) is 0 Å². The van der Waals surface area contributed by atoms with E-state index in [1.54, 1.807) is 30.5 Å². The fourth-order valence-corrected chi connectivity index (χ4v) is 1.40. The molecular formula is C12H14N4O. The zero-order valence-corrected chi connectivity index (χ0v) is 9.51. The lowest BCUT2D eigenvalue weighted by atomic mass is 10.3. The van der Waals surface area contributed by atoms with E-state index in [1.165, 1.54) is 0 Å². The molecule has 88 valence electrons. The van der Waals surface area contributed by atoms with Gasteiger partial charge in [-0.25, -0.2) is 4.98 Å². The molecule has 0 aliphatic rings. The van der Waals surface area contributed by atoms with Crippen LogP contribution in [0.3, 0.4) is 0 Å². The van der Waals surface area contributed by atoms with E-state index in [0.29, 0.717) is 11.8 Å². The number of nitrogens with one attached hydrogen (secondary N) is 2. The third kappa shape index (κ3) is 3.07. The van der Waals surface area contributed by atoms with Gasteiger partial charge in [0.05, 0.1) is 0 Å². The number of phenolic OH excluding ortho intramolecular Hbond substituents is 1. The van der Waals surface area contributed by atoms with Crippen LogP contribution < -0.4 is 10.6 Å². The monoisotopic (exact) mass is 230 g/mol. The van der Waals surface area contributed by atoms with E-state index in [2.05, 4.69) is 20.6 Å². The maximum atomic E-state index is 9.34. The van der Waals surface area contributed by atoms with E-state index in [-0.39, 0.29) is 5.75 Å². The van der Waals surface area contributed by atoms with E-state index in [4.69, 9.17) is 0 Å². The number of aromatic hydroxyl groups is 1. The van der Waals surface area contributed by atoms with Gasteiger partial charge in [0, 0.05) is 24.5 Å². The van der Waals surface area contributed by atoms with Gasteiger partial charge in [-0.1, -0.05) is 6.07 Å². The molecule has 0 aliphatic heterocycles. The number of hydrogen-bond acceptors (Lipinski definition) is 5. The number of hydrogen-bond donors (Lipinski definition) is 3. The van der Waals surface area contributed by atoms with Crippen LogP contribution in [0.15, 0.2) is 36.5 Å². The first-order chi connectivity index (χ1) is 8.28. The molecule has 0 amide bonds. The second-order valence-electron chi connectivity index (χ2n) is 3.47. The summed E-state index contributed by atoms with van der Waals surface area (Å²) in [4.78, 5) is 8.35. The lowest BCUT2D eigenvalue weighted by Crippen LogP contribution is -2.03. The van der Waals surface area contributed by atoms with Crippen LogP contribution in [0, 0.1) is 0 Å². The second-order valence-corrected chi connectivity index (χ2v) is 3.47. The minimum atomic E-state index is 0.218. The Morgan fingerprint density at radius 3 is 2.94 bits per heavy atom. The van der Waals surface area contributed by atoms with Gasteiger partial charge in [0.1, 0.15) is 11.6 Å². The lowest BCUT2D eigenvalue weighted by Gasteiger charge is -2.07. The first kappa shape index (κ1) is 11.2. The molecule has 0 unspecified atom stereocenters. The first-order valence-electron chi connectivity index (χ1n) is 5.41. The van der Waals surface area contributed by atoms with E-state index in [1.807, 2.05) is 13.0 Å². The number of phenols is 1. The van der Waals surface area contributed by atoms with Crippen molar-refractivity contribution in [3.05, 3.63) is 36.5 Å². The number of aromatic nitrogens is 2. The number of nitrogens with zero attached hydrogens (tertiary/aromatic N) is 2. The molecule has 1 aromatic heterocycles. The average Bonchev–Trinajstić information content (AvgIpc) is 2.30. The van der Waals surface area contributed by atoms with Crippen molar-refractivity contribution < 1.29 is 5.11 Å². The molecule has 0 aliphatic carbocycles. The van der Waals surface area contributed by atoms with Gasteiger partial charge in [0.2, 0.25) is 5.95 Å². The Hall–Kier alpha value is -2.30. The molecule has 5 nitrogen and oxygen atoms in total. The van der Waals surface area contributed by atoms with Crippen LogP contribution >= 0.6 is 0 Å². The number of anilines is 3. The van der Waals surface area contributed by atoms with Crippen LogP contribution in [0.1, 0.15) is 6.92 Å². The summed E-state index contributed by atoms with van der Waals surface area (Å²) in [7, 11) is 0. The minimum absolute atomic E-state index is 0.218. The van der Waals surface area contributed by atoms with Crippen LogP contribution in [0.25, 0.3) is 0 Å². The predicted octanol–water partition coefficient (Wildman–Crippen LogP) is 2.36. The van der Waals surface area contributed by atoms with E-state index in [9.17, 15) is 5.11 Å². The standard InChI is InChI=1S/C12H14N4O/c1-2-13-12-14-7-6-11(16-12)15-9-4-3-5-10(17)8-9/h3-8,17H,2H2,1H3,(H2,13,14,15,16). The van der Waals surface area contributed by atoms with Crippen molar-refractivity contribution in [1.29, 1.82) is 0 Å². The highest BCUT2D eigenvalue weighted by atomic mass is 16.3. The smallest absolute Gasteiger partial charge is 0.224 e. The van der Waals surface area contributed by atoms with Crippen molar-refractivity contribution in [2.75, 3.05) is 17.2 Å². The Kier molecular flexibility index (Phi) is 3.40. The van der Waals surface area contributed by atoms with Gasteiger partial charge in [0.25, 0.3) is 0 Å². The Balaban J connectivity index is 2.15. The summed E-state index contributed by atoms with van der Waals surface area (Å²) in [6.45, 7) is 2.76. The van der Waals surface area contributed by atoms with Crippen molar-refractivity contribution in [3.63, 3.8) is 0 Å². The zero-order chi connectivity index (χ0) is 12.1. The molecule has 0 saturated carbocycles. The normalized spacial score (nSPS) is 9.94. The molecule has 1 aromatic carbocycles. The fraction of sp³-hybridized carbons (Fsp3) is 0.167. The Labute approximate surface area is 99.6 Å². The maximum Gasteiger partial charge on any atom is 0.224 e. The summed E-state index contributed by atoms with van der Waals surface area (Å²) in [5.41, 5.74) is 0.783. The molecular weight excluding hydrogens is 216 g/mol. The second kappa shape index (κ2) is 5.16. The number of benzene rings is 1. The molecule has 0 fully saturated rings. The van der Waals surface area contributed by atoms with Crippen LogP contribution in [0.4, 0.5) is 17.5 Å².